The van der Waals surface area contributed by atoms with Crippen molar-refractivity contribution in [2.75, 3.05) is 39.5 Å². The highest BCUT2D eigenvalue weighted by Crippen LogP contribution is 2.48. The summed E-state index contributed by atoms with van der Waals surface area (Å²) in [7, 11) is 0. The summed E-state index contributed by atoms with van der Waals surface area (Å²) in [6.45, 7) is 9.69. The fourth-order valence-corrected chi connectivity index (χ4v) is 10.2. The quantitative estimate of drug-likeness (QED) is 0.0500. The lowest BCUT2D eigenvalue weighted by molar-refractivity contribution is -0.142. The Kier molecular flexibility index (Phi) is 13.2. The second-order valence-corrected chi connectivity index (χ2v) is 17.4. The summed E-state index contributed by atoms with van der Waals surface area (Å²) in [4.78, 5) is 54.0. The number of carbonyl (C=O) groups is 4. The molecule has 2 fully saturated rings. The number of alkyl carbamates (subject to hydrolysis) is 2. The van der Waals surface area contributed by atoms with Crippen molar-refractivity contribution in [2.45, 2.75) is 57.4 Å². The Balaban J connectivity index is 0.740. The highest BCUT2D eigenvalue weighted by atomic mass is 16.6. The maximum Gasteiger partial charge on any atom is 0.407 e. The Morgan fingerprint density at radius 2 is 1.19 bits per heavy atom. The van der Waals surface area contributed by atoms with Gasteiger partial charge in [0.15, 0.2) is 0 Å². The van der Waals surface area contributed by atoms with Crippen molar-refractivity contribution in [1.29, 1.82) is 0 Å². The largest absolute Gasteiger partial charge is 0.464 e. The van der Waals surface area contributed by atoms with E-state index < -0.39 is 24.2 Å². The van der Waals surface area contributed by atoms with E-state index in [9.17, 15) is 19.2 Å². The summed E-state index contributed by atoms with van der Waals surface area (Å²) in [5, 5.41) is 5.44. The minimum atomic E-state index is -0.696. The first-order chi connectivity index (χ1) is 30.2. The van der Waals surface area contributed by atoms with Crippen LogP contribution in [0.5, 0.6) is 0 Å². The molecule has 10 nitrogen and oxygen atoms in total. The van der Waals surface area contributed by atoms with E-state index in [1.165, 1.54) is 0 Å². The van der Waals surface area contributed by atoms with Crippen molar-refractivity contribution < 1.29 is 33.4 Å². The third-order valence-corrected chi connectivity index (χ3v) is 13.4. The van der Waals surface area contributed by atoms with Gasteiger partial charge in [0.25, 0.3) is 0 Å². The third kappa shape index (κ3) is 9.06. The summed E-state index contributed by atoms with van der Waals surface area (Å²) in [6, 6.07) is 32.0. The average Bonchev–Trinajstić information content (AvgIpc) is 4.04. The molecule has 1 aliphatic heterocycles. The van der Waals surface area contributed by atoms with Gasteiger partial charge >= 0.3 is 18.2 Å². The summed E-state index contributed by atoms with van der Waals surface area (Å²) in [5.74, 6) is 0.436. The predicted octanol–water partition coefficient (Wildman–Crippen LogP) is 9.25. The molecule has 4 aromatic rings. The van der Waals surface area contributed by atoms with Crippen LogP contribution in [0.2, 0.25) is 0 Å². The van der Waals surface area contributed by atoms with Gasteiger partial charge < -0.3 is 29.7 Å². The molecule has 0 spiro atoms. The van der Waals surface area contributed by atoms with Crippen LogP contribution in [0, 0.1) is 29.6 Å². The highest BCUT2D eigenvalue weighted by molar-refractivity contribution is 5.86. The Morgan fingerprint density at radius 1 is 0.694 bits per heavy atom. The Morgan fingerprint density at radius 3 is 1.71 bits per heavy atom. The number of unbranched alkanes of at least 4 members (excludes halogenated alkanes) is 2. The number of allylic oxidation sites excluding steroid dienone is 3. The van der Waals surface area contributed by atoms with Crippen LogP contribution >= 0.6 is 0 Å². The molecule has 62 heavy (non-hydrogen) atoms. The first-order valence-electron chi connectivity index (χ1n) is 22.2. The lowest BCUT2D eigenvalue weighted by Crippen LogP contribution is -2.51. The molecule has 1 saturated carbocycles. The summed E-state index contributed by atoms with van der Waals surface area (Å²) in [5.41, 5.74) is 9.16. The van der Waals surface area contributed by atoms with E-state index in [1.54, 1.807) is 0 Å². The van der Waals surface area contributed by atoms with Crippen molar-refractivity contribution in [2.24, 2.45) is 29.6 Å². The minimum absolute atomic E-state index is 0.0550. The first kappa shape index (κ1) is 42.5. The molecular formula is C52H57N3O7. The fourth-order valence-electron chi connectivity index (χ4n) is 10.2. The number of likely N-dealkylation sites (tertiary alicyclic amines) is 1. The van der Waals surface area contributed by atoms with Gasteiger partial charge in [0, 0.05) is 24.9 Å². The highest BCUT2D eigenvalue weighted by Gasteiger charge is 2.48. The first-order valence-corrected chi connectivity index (χ1v) is 22.2. The van der Waals surface area contributed by atoms with Crippen molar-refractivity contribution in [3.8, 4) is 22.3 Å². The van der Waals surface area contributed by atoms with E-state index in [0.29, 0.717) is 43.2 Å². The molecular weight excluding hydrogens is 779 g/mol. The smallest absolute Gasteiger partial charge is 0.407 e. The summed E-state index contributed by atoms with van der Waals surface area (Å²) in [6.07, 6.45) is 8.67. The zero-order valence-corrected chi connectivity index (χ0v) is 35.7. The summed E-state index contributed by atoms with van der Waals surface area (Å²) < 4.78 is 16.7. The number of rotatable bonds is 16. The Hall–Kier alpha value is -6.16. The van der Waals surface area contributed by atoms with Crippen molar-refractivity contribution in [1.82, 2.24) is 15.5 Å². The molecule has 322 valence electrons. The third-order valence-electron chi connectivity index (χ3n) is 13.4. The van der Waals surface area contributed by atoms with Gasteiger partial charge in [-0.15, -0.1) is 6.58 Å². The zero-order chi connectivity index (χ0) is 43.2. The van der Waals surface area contributed by atoms with Crippen molar-refractivity contribution >= 4 is 24.1 Å². The molecule has 1 heterocycles. The lowest BCUT2D eigenvalue weighted by atomic mass is 9.90. The molecule has 0 aromatic heterocycles. The second kappa shape index (κ2) is 19.3. The van der Waals surface area contributed by atoms with Crippen molar-refractivity contribution in [3.05, 3.63) is 144 Å². The van der Waals surface area contributed by atoms with E-state index >= 15 is 0 Å². The van der Waals surface area contributed by atoms with Crippen LogP contribution in [0.3, 0.4) is 0 Å². The van der Waals surface area contributed by atoms with E-state index in [-0.39, 0.29) is 50.0 Å². The number of nitrogens with one attached hydrogen (secondary N) is 2. The SMILES string of the molecule is C=C[C@@H]1C[C@H](/C=C\CCCCOC(=O)CNC(=O)OCC2c3ccccc3-c3ccccc32)[C@@H]2CN(C(=O)[C@@H](NC(=O)OCC3c4ccccc4-c4ccccc43)C(C)C)C[C@@H]21. The molecule has 8 rings (SSSR count). The van der Waals surface area contributed by atoms with Gasteiger partial charge in [0.2, 0.25) is 5.91 Å². The van der Waals surface area contributed by atoms with Crippen LogP contribution in [-0.2, 0) is 23.8 Å². The molecule has 5 atom stereocenters. The molecule has 2 N–H and O–H groups in total. The molecule has 4 aromatic carbocycles. The van der Waals surface area contributed by atoms with Crippen LogP contribution in [0.25, 0.3) is 22.3 Å². The number of benzene rings is 4. The van der Waals surface area contributed by atoms with E-state index in [0.717, 1.165) is 63.8 Å². The topological polar surface area (TPSA) is 123 Å². The van der Waals surface area contributed by atoms with Gasteiger partial charge in [-0.25, -0.2) is 9.59 Å². The monoisotopic (exact) mass is 835 g/mol. The van der Waals surface area contributed by atoms with Gasteiger partial charge in [0.05, 0.1) is 6.61 Å². The number of fused-ring (bicyclic) bond motifs is 7. The molecule has 4 aliphatic rings. The molecule has 3 amide bonds. The Labute approximate surface area is 364 Å². The minimum Gasteiger partial charge on any atom is -0.464 e. The number of nitrogens with zero attached hydrogens (tertiary/aromatic N) is 1. The zero-order valence-electron chi connectivity index (χ0n) is 35.7. The van der Waals surface area contributed by atoms with Crippen LogP contribution < -0.4 is 10.6 Å². The summed E-state index contributed by atoms with van der Waals surface area (Å²) >= 11 is 0. The Bertz CT molecular complexity index is 2230. The maximum atomic E-state index is 14.0. The van der Waals surface area contributed by atoms with E-state index in [2.05, 4.69) is 77.9 Å². The second-order valence-electron chi connectivity index (χ2n) is 17.4. The average molecular weight is 836 g/mol. The number of hydrogen-bond donors (Lipinski definition) is 2. The number of amides is 3. The standard InChI is InChI=1S/C52H57N3O7/c1-4-34-27-35(17-7-5-6-16-26-60-48(56)28-53-51(58)61-31-46-40-22-12-8-18-36(40)37-19-9-13-23-41(37)46)45-30-55(29-44(34)45)50(57)49(33(2)3)54-52(59)62-32-47-42-24-14-10-20-38(42)39-21-11-15-25-43(39)47/h4,7-15,17-25,33-35,44-47,49H,1,5-6,16,26-32H2,2-3H3,(H,53,58)(H,54,59)/b17-7-/t34-,35+,44-,45+,49+/m1/s1. The molecule has 10 heteroatoms. The number of hydrogen-bond acceptors (Lipinski definition) is 7. The van der Waals surface area contributed by atoms with Gasteiger partial charge in [-0.2, -0.15) is 0 Å². The number of esters is 1. The van der Waals surface area contributed by atoms with Gasteiger partial charge in [-0.3, -0.25) is 9.59 Å². The van der Waals surface area contributed by atoms with E-state index in [4.69, 9.17) is 14.2 Å². The van der Waals surface area contributed by atoms with E-state index in [1.807, 2.05) is 73.4 Å². The van der Waals surface area contributed by atoms with Crippen LogP contribution in [0.4, 0.5) is 9.59 Å². The maximum absolute atomic E-state index is 14.0. The normalized spacial score (nSPS) is 20.2. The number of carbonyl (C=O) groups excluding carboxylic acids is 4. The molecule has 1 saturated heterocycles. The lowest BCUT2D eigenvalue weighted by Gasteiger charge is -2.28. The van der Waals surface area contributed by atoms with Gasteiger partial charge in [0.1, 0.15) is 25.8 Å². The molecule has 0 bridgehead atoms. The van der Waals surface area contributed by atoms with Crippen LogP contribution in [0.15, 0.2) is 122 Å². The van der Waals surface area contributed by atoms with Crippen LogP contribution in [0.1, 0.15) is 73.6 Å². The number of ether oxygens (including phenoxy) is 3. The van der Waals surface area contributed by atoms with Gasteiger partial charge in [-0.1, -0.05) is 129 Å². The predicted molar refractivity (Wildman–Crippen MR) is 239 cm³/mol. The fraction of sp³-hybridized carbons (Fsp3) is 0.385. The molecule has 0 unspecified atom stereocenters. The van der Waals surface area contributed by atoms with Crippen molar-refractivity contribution in [3.63, 3.8) is 0 Å². The van der Waals surface area contributed by atoms with Crippen LogP contribution in [-0.4, -0.2) is 74.5 Å². The molecule has 3 aliphatic carbocycles. The van der Waals surface area contributed by atoms with Gasteiger partial charge in [-0.05, 0) is 99.8 Å². The molecule has 0 radical (unpaired) electrons.